The van der Waals surface area contributed by atoms with Crippen molar-refractivity contribution in [3.63, 3.8) is 0 Å². The van der Waals surface area contributed by atoms with Gasteiger partial charge in [-0.15, -0.1) is 0 Å². The zero-order valence-corrected chi connectivity index (χ0v) is 17.7. The number of anilines is 1. The molecular weight excluding hydrogens is 393 g/mol. The maximum absolute atomic E-state index is 13.5. The second-order valence-corrected chi connectivity index (χ2v) is 10.5. The highest BCUT2D eigenvalue weighted by Gasteiger charge is 2.44. The number of hydrogen-bond acceptors (Lipinski definition) is 4. The van der Waals surface area contributed by atoms with Crippen LogP contribution in [0.4, 0.5) is 14.9 Å². The number of carbonyl (C=O) groups excluding carboxylic acids is 1. The molecule has 156 valence electrons. The summed E-state index contributed by atoms with van der Waals surface area (Å²) in [6, 6.07) is 8.52. The monoisotopic (exact) mass is 419 g/mol. The van der Waals surface area contributed by atoms with Gasteiger partial charge < -0.3 is 10.2 Å². The molecule has 0 aliphatic carbocycles. The molecule has 1 aliphatic rings. The van der Waals surface area contributed by atoms with Crippen molar-refractivity contribution in [3.8, 4) is 0 Å². The number of sulfone groups is 1. The fourth-order valence-corrected chi connectivity index (χ4v) is 5.49. The van der Waals surface area contributed by atoms with Gasteiger partial charge in [0.15, 0.2) is 9.84 Å². The van der Waals surface area contributed by atoms with Crippen LogP contribution in [0.15, 0.2) is 47.5 Å². The molecule has 6 nitrogen and oxygen atoms in total. The molecule has 29 heavy (non-hydrogen) atoms. The maximum Gasteiger partial charge on any atom is 0.321 e. The first-order valence-corrected chi connectivity index (χ1v) is 11.1. The Kier molecular flexibility index (Phi) is 5.93. The van der Waals surface area contributed by atoms with Crippen LogP contribution >= 0.6 is 0 Å². The third-order valence-corrected chi connectivity index (χ3v) is 8.32. The quantitative estimate of drug-likeness (QED) is 0.812. The fourth-order valence-electron chi connectivity index (χ4n) is 3.68. The summed E-state index contributed by atoms with van der Waals surface area (Å²) >= 11 is 0. The number of aryl methyl sites for hydroxylation is 1. The second kappa shape index (κ2) is 8.10. The van der Waals surface area contributed by atoms with E-state index in [1.165, 1.54) is 18.2 Å². The molecule has 1 fully saturated rings. The number of halogens is 1. The predicted octanol–water partition coefficient (Wildman–Crippen LogP) is 4.03. The number of nitrogens with zero attached hydrogens (tertiary/aromatic N) is 2. The van der Waals surface area contributed by atoms with E-state index in [0.717, 1.165) is 11.8 Å². The highest BCUT2D eigenvalue weighted by molar-refractivity contribution is 7.92. The molecular formula is C21H26FN3O3S. The normalized spacial score (nSPS) is 15.9. The summed E-state index contributed by atoms with van der Waals surface area (Å²) in [6.45, 7) is 6.16. The van der Waals surface area contributed by atoms with Gasteiger partial charge in [-0.05, 0) is 69.9 Å². The highest BCUT2D eigenvalue weighted by Crippen LogP contribution is 2.38. The van der Waals surface area contributed by atoms with E-state index >= 15 is 0 Å². The number of pyridine rings is 1. The van der Waals surface area contributed by atoms with Gasteiger partial charge in [-0.3, -0.25) is 4.98 Å². The Hall–Kier alpha value is -2.48. The molecule has 2 aromatic rings. The molecule has 1 aliphatic heterocycles. The molecule has 0 saturated carbocycles. The molecule has 2 heterocycles. The van der Waals surface area contributed by atoms with Crippen molar-refractivity contribution < 1.29 is 17.6 Å². The van der Waals surface area contributed by atoms with Gasteiger partial charge in [0.1, 0.15) is 5.82 Å². The van der Waals surface area contributed by atoms with Gasteiger partial charge in [-0.25, -0.2) is 17.6 Å². The largest absolute Gasteiger partial charge is 0.325 e. The average molecular weight is 420 g/mol. The fraction of sp³-hybridized carbons (Fsp3) is 0.429. The Morgan fingerprint density at radius 1 is 1.21 bits per heavy atom. The Bertz CT molecular complexity index is 982. The Morgan fingerprint density at radius 2 is 1.90 bits per heavy atom. The van der Waals surface area contributed by atoms with Crippen LogP contribution in [0.3, 0.4) is 0 Å². The van der Waals surface area contributed by atoms with E-state index < -0.39 is 20.4 Å². The number of rotatable bonds is 4. The highest BCUT2D eigenvalue weighted by atomic mass is 32.2. The van der Waals surface area contributed by atoms with E-state index in [1.54, 1.807) is 31.0 Å². The van der Waals surface area contributed by atoms with Gasteiger partial charge in [0.25, 0.3) is 0 Å². The summed E-state index contributed by atoms with van der Waals surface area (Å²) in [5, 5.41) is 2.82. The van der Waals surface area contributed by atoms with Crippen molar-refractivity contribution in [2.75, 3.05) is 18.4 Å². The van der Waals surface area contributed by atoms with Crippen LogP contribution in [0.25, 0.3) is 0 Å². The van der Waals surface area contributed by atoms with Crippen LogP contribution in [0, 0.1) is 18.7 Å². The maximum atomic E-state index is 13.5. The van der Waals surface area contributed by atoms with Crippen LogP contribution in [0.1, 0.15) is 32.4 Å². The van der Waals surface area contributed by atoms with E-state index in [2.05, 4.69) is 10.3 Å². The number of carbonyl (C=O) groups is 1. The summed E-state index contributed by atoms with van der Waals surface area (Å²) in [7, 11) is -3.72. The molecule has 1 saturated heterocycles. The lowest BCUT2D eigenvalue weighted by atomic mass is 9.86. The molecule has 1 aromatic carbocycles. The van der Waals surface area contributed by atoms with Gasteiger partial charge in [-0.1, -0.05) is 6.07 Å². The summed E-state index contributed by atoms with van der Waals surface area (Å²) in [5.41, 5.74) is 1.49. The Balaban J connectivity index is 1.66. The molecule has 0 spiro atoms. The SMILES string of the molecule is Cc1ccc(NC(=O)N2CCC(C(C)(C)S(=O)(=O)c3cccc(F)c3)CC2)cn1. The van der Waals surface area contributed by atoms with Crippen molar-refractivity contribution >= 4 is 21.6 Å². The van der Waals surface area contributed by atoms with E-state index in [4.69, 9.17) is 0 Å². The van der Waals surface area contributed by atoms with Crippen molar-refractivity contribution in [1.29, 1.82) is 0 Å². The molecule has 0 atom stereocenters. The topological polar surface area (TPSA) is 79.4 Å². The van der Waals surface area contributed by atoms with Gasteiger partial charge in [0.2, 0.25) is 0 Å². The van der Waals surface area contributed by atoms with Crippen LogP contribution in [-0.2, 0) is 9.84 Å². The first-order valence-electron chi connectivity index (χ1n) is 9.60. The van der Waals surface area contributed by atoms with Gasteiger partial charge in [-0.2, -0.15) is 0 Å². The number of likely N-dealkylation sites (tertiary alicyclic amines) is 1. The lowest BCUT2D eigenvalue weighted by Gasteiger charge is -2.40. The molecule has 0 radical (unpaired) electrons. The third-order valence-electron chi connectivity index (χ3n) is 5.73. The zero-order chi connectivity index (χ0) is 21.2. The minimum absolute atomic E-state index is 0.00505. The number of urea groups is 1. The first kappa shape index (κ1) is 21.2. The summed E-state index contributed by atoms with van der Waals surface area (Å²) in [4.78, 5) is 18.3. The average Bonchev–Trinajstić information content (AvgIpc) is 2.69. The summed E-state index contributed by atoms with van der Waals surface area (Å²) in [5.74, 6) is -0.709. The van der Waals surface area contributed by atoms with Crippen molar-refractivity contribution in [3.05, 3.63) is 54.1 Å². The summed E-state index contributed by atoms with van der Waals surface area (Å²) < 4.78 is 38.7. The van der Waals surface area contributed by atoms with Gasteiger partial charge >= 0.3 is 6.03 Å². The number of hydrogen-bond donors (Lipinski definition) is 1. The second-order valence-electron chi connectivity index (χ2n) is 7.94. The van der Waals surface area contributed by atoms with E-state index in [9.17, 15) is 17.6 Å². The van der Waals surface area contributed by atoms with Gasteiger partial charge in [0, 0.05) is 18.8 Å². The molecule has 1 N–H and O–H groups in total. The minimum atomic E-state index is -3.72. The van der Waals surface area contributed by atoms with Crippen LogP contribution in [0.5, 0.6) is 0 Å². The van der Waals surface area contributed by atoms with E-state index in [1.807, 2.05) is 13.0 Å². The molecule has 8 heteroatoms. The number of aromatic nitrogens is 1. The van der Waals surface area contributed by atoms with Crippen LogP contribution < -0.4 is 5.32 Å². The smallest absolute Gasteiger partial charge is 0.321 e. The van der Waals surface area contributed by atoms with Gasteiger partial charge in [0.05, 0.1) is 21.5 Å². The standard InChI is InChI=1S/C21H26FN3O3S/c1-15-7-8-18(14-23-15)24-20(26)25-11-9-16(10-12-25)21(2,3)29(27,28)19-6-4-5-17(22)13-19/h4-8,13-14,16H,9-12H2,1-3H3,(H,24,26). The molecule has 0 unspecified atom stereocenters. The summed E-state index contributed by atoms with van der Waals surface area (Å²) in [6.07, 6.45) is 2.72. The van der Waals surface area contributed by atoms with Crippen molar-refractivity contribution in [2.45, 2.75) is 43.3 Å². The molecule has 3 rings (SSSR count). The number of piperidine rings is 1. The molecule has 1 aromatic heterocycles. The zero-order valence-electron chi connectivity index (χ0n) is 16.9. The Labute approximate surface area is 171 Å². The first-order chi connectivity index (χ1) is 13.6. The lowest BCUT2D eigenvalue weighted by molar-refractivity contribution is 0.171. The van der Waals surface area contributed by atoms with Crippen LogP contribution in [0.2, 0.25) is 0 Å². The third kappa shape index (κ3) is 4.42. The van der Waals surface area contributed by atoms with E-state index in [-0.39, 0.29) is 16.8 Å². The molecule has 0 bridgehead atoms. The number of nitrogens with one attached hydrogen (secondary N) is 1. The van der Waals surface area contributed by atoms with Crippen molar-refractivity contribution in [1.82, 2.24) is 9.88 Å². The molecule has 2 amide bonds. The Morgan fingerprint density at radius 3 is 2.48 bits per heavy atom. The predicted molar refractivity (Wildman–Crippen MR) is 110 cm³/mol. The van der Waals surface area contributed by atoms with Crippen molar-refractivity contribution in [2.24, 2.45) is 5.92 Å². The van der Waals surface area contributed by atoms with E-state index in [0.29, 0.717) is 31.6 Å². The van der Waals surface area contributed by atoms with Crippen LogP contribution in [-0.4, -0.2) is 42.2 Å². The minimum Gasteiger partial charge on any atom is -0.325 e. The lowest BCUT2D eigenvalue weighted by Crippen LogP contribution is -2.48. The number of amides is 2. The number of benzene rings is 1.